The summed E-state index contributed by atoms with van der Waals surface area (Å²) < 4.78 is 13.6. The highest BCUT2D eigenvalue weighted by molar-refractivity contribution is 5.77. The summed E-state index contributed by atoms with van der Waals surface area (Å²) in [6.07, 6.45) is 2.09. The van der Waals surface area contributed by atoms with E-state index < -0.39 is 0 Å². The average molecular weight is 408 g/mol. The summed E-state index contributed by atoms with van der Waals surface area (Å²) in [5, 5.41) is 7.29. The maximum absolute atomic E-state index is 12.9. The zero-order valence-corrected chi connectivity index (χ0v) is 16.8. The summed E-state index contributed by atoms with van der Waals surface area (Å²) in [5.74, 6) is 2.16. The van der Waals surface area contributed by atoms with Crippen LogP contribution in [-0.2, 0) is 11.3 Å². The molecule has 1 heterocycles. The fourth-order valence-electron chi connectivity index (χ4n) is 3.17. The SMILES string of the molecule is COc1ccc(OCC(=O)NCCn2nc(C3CC3)n(-c3ccccc3)c2=O)cc1. The Labute approximate surface area is 174 Å². The molecule has 1 aliphatic carbocycles. The molecule has 1 N–H and O–H groups in total. The number of hydrogen-bond donors (Lipinski definition) is 1. The largest absolute Gasteiger partial charge is 0.497 e. The van der Waals surface area contributed by atoms with E-state index in [-0.39, 0.29) is 18.2 Å². The van der Waals surface area contributed by atoms with E-state index in [9.17, 15) is 9.59 Å². The van der Waals surface area contributed by atoms with E-state index in [1.54, 1.807) is 35.9 Å². The minimum absolute atomic E-state index is 0.104. The fraction of sp³-hybridized carbons (Fsp3) is 0.318. The maximum Gasteiger partial charge on any atom is 0.350 e. The van der Waals surface area contributed by atoms with Crippen LogP contribution in [0.4, 0.5) is 0 Å². The smallest absolute Gasteiger partial charge is 0.350 e. The standard InChI is InChI=1S/C22H24N4O4/c1-29-18-9-11-19(12-10-18)30-15-20(27)23-13-14-25-22(28)26(17-5-3-2-4-6-17)21(24-25)16-7-8-16/h2-6,9-12,16H,7-8,13-15H2,1H3,(H,23,27). The Balaban J connectivity index is 1.33. The summed E-state index contributed by atoms with van der Waals surface area (Å²) in [7, 11) is 1.59. The number of carbonyl (C=O) groups excluding carboxylic acids is 1. The van der Waals surface area contributed by atoms with Crippen molar-refractivity contribution in [2.75, 3.05) is 20.3 Å². The Morgan fingerprint density at radius 1 is 1.10 bits per heavy atom. The number of benzene rings is 2. The lowest BCUT2D eigenvalue weighted by Gasteiger charge is -2.08. The van der Waals surface area contributed by atoms with Crippen molar-refractivity contribution >= 4 is 5.91 Å². The first-order valence-corrected chi connectivity index (χ1v) is 9.94. The van der Waals surface area contributed by atoms with E-state index in [4.69, 9.17) is 9.47 Å². The minimum atomic E-state index is -0.260. The number of nitrogens with zero attached hydrogens (tertiary/aromatic N) is 3. The zero-order valence-electron chi connectivity index (χ0n) is 16.8. The molecule has 0 bridgehead atoms. The molecule has 4 rings (SSSR count). The molecule has 0 radical (unpaired) electrons. The van der Waals surface area contributed by atoms with Gasteiger partial charge in [0.2, 0.25) is 0 Å². The second-order valence-corrected chi connectivity index (χ2v) is 7.12. The summed E-state index contributed by atoms with van der Waals surface area (Å²) in [6.45, 7) is 0.486. The van der Waals surface area contributed by atoms with Crippen LogP contribution in [0.1, 0.15) is 24.6 Å². The zero-order chi connectivity index (χ0) is 20.9. The molecule has 30 heavy (non-hydrogen) atoms. The second-order valence-electron chi connectivity index (χ2n) is 7.12. The van der Waals surface area contributed by atoms with Crippen LogP contribution in [0, 0.1) is 0 Å². The first kappa shape index (κ1) is 19.8. The quantitative estimate of drug-likeness (QED) is 0.586. The molecule has 1 amide bonds. The first-order chi connectivity index (χ1) is 14.7. The lowest BCUT2D eigenvalue weighted by molar-refractivity contribution is -0.123. The number of para-hydroxylation sites is 1. The predicted octanol–water partition coefficient (Wildman–Crippen LogP) is 2.12. The van der Waals surface area contributed by atoms with Crippen LogP contribution < -0.4 is 20.5 Å². The number of hydrogen-bond acceptors (Lipinski definition) is 5. The fourth-order valence-corrected chi connectivity index (χ4v) is 3.17. The van der Waals surface area contributed by atoms with Crippen LogP contribution >= 0.6 is 0 Å². The Bertz CT molecular complexity index is 1050. The van der Waals surface area contributed by atoms with Crippen molar-refractivity contribution in [2.45, 2.75) is 25.3 Å². The van der Waals surface area contributed by atoms with Crippen LogP contribution in [0.3, 0.4) is 0 Å². The Morgan fingerprint density at radius 2 is 1.80 bits per heavy atom. The molecule has 2 aromatic carbocycles. The highest BCUT2D eigenvalue weighted by atomic mass is 16.5. The third kappa shape index (κ3) is 4.53. The van der Waals surface area contributed by atoms with E-state index in [0.29, 0.717) is 24.8 Å². The van der Waals surface area contributed by atoms with Crippen molar-refractivity contribution in [3.8, 4) is 17.2 Å². The van der Waals surface area contributed by atoms with Crippen molar-refractivity contribution < 1.29 is 14.3 Å². The van der Waals surface area contributed by atoms with E-state index in [0.717, 1.165) is 30.1 Å². The van der Waals surface area contributed by atoms with Crippen LogP contribution in [0.15, 0.2) is 59.4 Å². The number of methoxy groups -OCH3 is 1. The number of carbonyl (C=O) groups is 1. The predicted molar refractivity (Wildman–Crippen MR) is 111 cm³/mol. The van der Waals surface area contributed by atoms with E-state index in [2.05, 4.69) is 10.4 Å². The van der Waals surface area contributed by atoms with Gasteiger partial charge in [-0.2, -0.15) is 5.10 Å². The number of rotatable bonds is 9. The van der Waals surface area contributed by atoms with Crippen LogP contribution in [0.25, 0.3) is 5.69 Å². The molecule has 0 unspecified atom stereocenters. The molecule has 1 saturated carbocycles. The van der Waals surface area contributed by atoms with E-state index >= 15 is 0 Å². The van der Waals surface area contributed by atoms with Crippen molar-refractivity contribution in [2.24, 2.45) is 0 Å². The van der Waals surface area contributed by atoms with Gasteiger partial charge < -0.3 is 14.8 Å². The van der Waals surface area contributed by atoms with Gasteiger partial charge in [-0.1, -0.05) is 18.2 Å². The Hall–Kier alpha value is -3.55. The summed E-state index contributed by atoms with van der Waals surface area (Å²) in [6, 6.07) is 16.5. The molecule has 0 aliphatic heterocycles. The number of ether oxygens (including phenoxy) is 2. The van der Waals surface area contributed by atoms with Gasteiger partial charge in [-0.05, 0) is 49.2 Å². The van der Waals surface area contributed by atoms with Gasteiger partial charge in [0, 0.05) is 12.5 Å². The Morgan fingerprint density at radius 3 is 2.47 bits per heavy atom. The highest BCUT2D eigenvalue weighted by Crippen LogP contribution is 2.39. The average Bonchev–Trinajstić information content (AvgIpc) is 3.57. The van der Waals surface area contributed by atoms with Gasteiger partial charge in [0.05, 0.1) is 19.3 Å². The Kier molecular flexibility index (Phi) is 5.83. The van der Waals surface area contributed by atoms with Crippen molar-refractivity contribution in [1.82, 2.24) is 19.7 Å². The van der Waals surface area contributed by atoms with Gasteiger partial charge in [-0.25, -0.2) is 14.0 Å². The topological polar surface area (TPSA) is 87.4 Å². The molecule has 0 atom stereocenters. The molecular weight excluding hydrogens is 384 g/mol. The summed E-state index contributed by atoms with van der Waals surface area (Å²) in [5.41, 5.74) is 0.624. The van der Waals surface area contributed by atoms with E-state index in [1.807, 2.05) is 30.3 Å². The lowest BCUT2D eigenvalue weighted by atomic mass is 10.3. The summed E-state index contributed by atoms with van der Waals surface area (Å²) >= 11 is 0. The first-order valence-electron chi connectivity index (χ1n) is 9.94. The van der Waals surface area contributed by atoms with Gasteiger partial charge in [0.25, 0.3) is 5.91 Å². The monoisotopic (exact) mass is 408 g/mol. The van der Waals surface area contributed by atoms with Gasteiger partial charge in [-0.15, -0.1) is 0 Å². The minimum Gasteiger partial charge on any atom is -0.497 e. The third-order valence-electron chi connectivity index (χ3n) is 4.90. The number of amides is 1. The maximum atomic E-state index is 12.9. The molecule has 0 saturated heterocycles. The van der Waals surface area contributed by atoms with Crippen LogP contribution in [0.2, 0.25) is 0 Å². The number of aromatic nitrogens is 3. The molecule has 1 aromatic heterocycles. The van der Waals surface area contributed by atoms with Crippen LogP contribution in [-0.4, -0.2) is 40.5 Å². The molecule has 1 fully saturated rings. The molecule has 3 aromatic rings. The second kappa shape index (κ2) is 8.86. The van der Waals surface area contributed by atoms with Gasteiger partial charge in [-0.3, -0.25) is 4.79 Å². The van der Waals surface area contributed by atoms with Crippen molar-refractivity contribution in [3.63, 3.8) is 0 Å². The molecule has 8 nitrogen and oxygen atoms in total. The molecule has 0 spiro atoms. The van der Waals surface area contributed by atoms with Gasteiger partial charge in [0.15, 0.2) is 6.61 Å². The third-order valence-corrected chi connectivity index (χ3v) is 4.90. The van der Waals surface area contributed by atoms with E-state index in [1.165, 1.54) is 4.68 Å². The van der Waals surface area contributed by atoms with Gasteiger partial charge in [0.1, 0.15) is 17.3 Å². The lowest BCUT2D eigenvalue weighted by Crippen LogP contribution is -2.34. The normalized spacial score (nSPS) is 13.1. The van der Waals surface area contributed by atoms with Gasteiger partial charge >= 0.3 is 5.69 Å². The molecule has 8 heteroatoms. The summed E-state index contributed by atoms with van der Waals surface area (Å²) in [4.78, 5) is 24.9. The van der Waals surface area contributed by atoms with Crippen molar-refractivity contribution in [3.05, 3.63) is 70.9 Å². The molecule has 156 valence electrons. The van der Waals surface area contributed by atoms with Crippen LogP contribution in [0.5, 0.6) is 11.5 Å². The van der Waals surface area contributed by atoms with Crippen molar-refractivity contribution in [1.29, 1.82) is 0 Å². The molecular formula is C22H24N4O4. The molecule has 1 aliphatic rings. The highest BCUT2D eigenvalue weighted by Gasteiger charge is 2.31. The number of nitrogens with one attached hydrogen (secondary N) is 1.